The number of carbonyl (C=O) groups excluding carboxylic acids is 1. The minimum Gasteiger partial charge on any atom is -0.483 e. The molecule has 6 heteroatoms. The lowest BCUT2D eigenvalue weighted by Gasteiger charge is -2.09. The first-order chi connectivity index (χ1) is 13.2. The number of amides is 1. The van der Waals surface area contributed by atoms with Crippen LogP contribution in [-0.2, 0) is 4.79 Å². The Balaban J connectivity index is 1.59. The standard InChI is InChI=1S/C21H18ClN3O2/c22-18-11-5-6-12-19(18)25-23-14-16-8-4-7-13-20(16)27-15-21(26)24-17-9-2-1-3-10-17/h1-14,25H,15H2,(H,24,26)/b23-14+. The molecule has 0 spiro atoms. The third-order valence-corrected chi connectivity index (χ3v) is 3.93. The van der Waals surface area contributed by atoms with Crippen LogP contribution in [0.4, 0.5) is 11.4 Å². The maximum Gasteiger partial charge on any atom is 0.262 e. The van der Waals surface area contributed by atoms with E-state index in [1.165, 1.54) is 0 Å². The number of benzene rings is 3. The summed E-state index contributed by atoms with van der Waals surface area (Å²) in [4.78, 5) is 12.0. The zero-order valence-corrected chi connectivity index (χ0v) is 15.2. The summed E-state index contributed by atoms with van der Waals surface area (Å²) in [5.41, 5.74) is 5.06. The van der Waals surface area contributed by atoms with E-state index in [2.05, 4.69) is 15.8 Å². The van der Waals surface area contributed by atoms with E-state index >= 15 is 0 Å². The first-order valence-corrected chi connectivity index (χ1v) is 8.70. The van der Waals surface area contributed by atoms with Crippen LogP contribution >= 0.6 is 11.6 Å². The van der Waals surface area contributed by atoms with Crippen molar-refractivity contribution in [1.82, 2.24) is 0 Å². The Morgan fingerprint density at radius 1 is 0.963 bits per heavy atom. The molecule has 5 nitrogen and oxygen atoms in total. The molecule has 3 aromatic rings. The van der Waals surface area contributed by atoms with Crippen molar-refractivity contribution in [3.63, 3.8) is 0 Å². The third-order valence-electron chi connectivity index (χ3n) is 3.60. The second-order valence-electron chi connectivity index (χ2n) is 5.59. The monoisotopic (exact) mass is 379 g/mol. The van der Waals surface area contributed by atoms with E-state index in [1.807, 2.05) is 66.7 Å². The molecule has 2 N–H and O–H groups in total. The number of nitrogens with zero attached hydrogens (tertiary/aromatic N) is 1. The minimum atomic E-state index is -0.234. The van der Waals surface area contributed by atoms with Crippen LogP contribution in [-0.4, -0.2) is 18.7 Å². The highest BCUT2D eigenvalue weighted by Gasteiger charge is 2.06. The van der Waals surface area contributed by atoms with Gasteiger partial charge in [0, 0.05) is 11.3 Å². The van der Waals surface area contributed by atoms with Gasteiger partial charge < -0.3 is 10.1 Å². The molecule has 0 heterocycles. The molecule has 1 amide bonds. The fourth-order valence-corrected chi connectivity index (χ4v) is 2.48. The molecule has 0 unspecified atom stereocenters. The average Bonchev–Trinajstić information content (AvgIpc) is 2.69. The van der Waals surface area contributed by atoms with E-state index in [4.69, 9.17) is 16.3 Å². The van der Waals surface area contributed by atoms with E-state index in [-0.39, 0.29) is 12.5 Å². The molecule has 0 saturated carbocycles. The van der Waals surface area contributed by atoms with E-state index in [1.54, 1.807) is 18.3 Å². The van der Waals surface area contributed by atoms with Gasteiger partial charge in [-0.2, -0.15) is 5.10 Å². The maximum absolute atomic E-state index is 12.0. The number of hydrogen-bond donors (Lipinski definition) is 2. The van der Waals surface area contributed by atoms with Crippen LogP contribution in [0.5, 0.6) is 5.75 Å². The Hall–Kier alpha value is -3.31. The maximum atomic E-state index is 12.0. The molecule has 136 valence electrons. The van der Waals surface area contributed by atoms with Gasteiger partial charge in [0.05, 0.1) is 16.9 Å². The summed E-state index contributed by atoms with van der Waals surface area (Å²) in [6.07, 6.45) is 1.62. The molecule has 0 atom stereocenters. The molecule has 3 aromatic carbocycles. The van der Waals surface area contributed by atoms with Crippen LogP contribution in [0.3, 0.4) is 0 Å². The SMILES string of the molecule is O=C(COc1ccccc1/C=N/Nc1ccccc1Cl)Nc1ccccc1. The number of hydrogen-bond acceptors (Lipinski definition) is 4. The van der Waals surface area contributed by atoms with Gasteiger partial charge in [0.2, 0.25) is 0 Å². The van der Waals surface area contributed by atoms with Gasteiger partial charge in [-0.15, -0.1) is 0 Å². The number of anilines is 2. The van der Waals surface area contributed by atoms with Gasteiger partial charge in [0.1, 0.15) is 5.75 Å². The topological polar surface area (TPSA) is 62.7 Å². The highest BCUT2D eigenvalue weighted by Crippen LogP contribution is 2.21. The highest BCUT2D eigenvalue weighted by molar-refractivity contribution is 6.33. The Morgan fingerprint density at radius 3 is 2.48 bits per heavy atom. The second-order valence-corrected chi connectivity index (χ2v) is 6.00. The Labute approximate surface area is 162 Å². The molecule has 0 aromatic heterocycles. The van der Waals surface area contributed by atoms with Gasteiger partial charge in [-0.1, -0.05) is 54.1 Å². The summed E-state index contributed by atoms with van der Waals surface area (Å²) in [5, 5.41) is 7.55. The van der Waals surface area contributed by atoms with Crippen molar-refractivity contribution in [3.05, 3.63) is 89.4 Å². The van der Waals surface area contributed by atoms with Crippen LogP contribution in [0.15, 0.2) is 84.0 Å². The van der Waals surface area contributed by atoms with Gasteiger partial charge in [0.25, 0.3) is 5.91 Å². The predicted octanol–water partition coefficient (Wildman–Crippen LogP) is 4.80. The fraction of sp³-hybridized carbons (Fsp3) is 0.0476. The minimum absolute atomic E-state index is 0.0995. The summed E-state index contributed by atoms with van der Waals surface area (Å²) >= 11 is 6.08. The molecule has 0 aliphatic carbocycles. The number of nitrogens with one attached hydrogen (secondary N) is 2. The molecule has 0 aliphatic rings. The van der Waals surface area contributed by atoms with Crippen molar-refractivity contribution in [3.8, 4) is 5.75 Å². The van der Waals surface area contributed by atoms with Gasteiger partial charge in [-0.05, 0) is 36.4 Å². The molecule has 0 saturated heterocycles. The van der Waals surface area contributed by atoms with Gasteiger partial charge in [-0.25, -0.2) is 0 Å². The quantitative estimate of drug-likeness (QED) is 0.457. The molecular formula is C21H18ClN3O2. The van der Waals surface area contributed by atoms with Crippen LogP contribution in [0.25, 0.3) is 0 Å². The smallest absolute Gasteiger partial charge is 0.262 e. The molecule has 27 heavy (non-hydrogen) atoms. The zero-order valence-electron chi connectivity index (χ0n) is 14.4. The Morgan fingerprint density at radius 2 is 1.67 bits per heavy atom. The summed E-state index contributed by atoms with van der Waals surface area (Å²) in [6.45, 7) is -0.0995. The van der Waals surface area contributed by atoms with Gasteiger partial charge in [0.15, 0.2) is 6.61 Å². The molecule has 0 bridgehead atoms. The molecule has 0 aliphatic heterocycles. The predicted molar refractivity (Wildman–Crippen MR) is 110 cm³/mol. The van der Waals surface area contributed by atoms with Crippen molar-refractivity contribution in [1.29, 1.82) is 0 Å². The van der Waals surface area contributed by atoms with Gasteiger partial charge >= 0.3 is 0 Å². The lowest BCUT2D eigenvalue weighted by Crippen LogP contribution is -2.20. The number of para-hydroxylation sites is 3. The molecule has 3 rings (SSSR count). The first kappa shape index (κ1) is 18.5. The Kier molecular flexibility index (Phi) is 6.44. The van der Waals surface area contributed by atoms with Crippen molar-refractivity contribution in [2.45, 2.75) is 0 Å². The fourth-order valence-electron chi connectivity index (χ4n) is 2.30. The molecular weight excluding hydrogens is 362 g/mol. The van der Waals surface area contributed by atoms with Crippen molar-refractivity contribution in [2.75, 3.05) is 17.3 Å². The highest BCUT2D eigenvalue weighted by atomic mass is 35.5. The summed E-state index contributed by atoms with van der Waals surface area (Å²) in [6, 6.07) is 23.9. The van der Waals surface area contributed by atoms with E-state index < -0.39 is 0 Å². The largest absolute Gasteiger partial charge is 0.483 e. The van der Waals surface area contributed by atoms with Crippen LogP contribution < -0.4 is 15.5 Å². The van der Waals surface area contributed by atoms with Crippen LogP contribution in [0, 0.1) is 0 Å². The number of hydrazone groups is 1. The lowest BCUT2D eigenvalue weighted by molar-refractivity contribution is -0.118. The van der Waals surface area contributed by atoms with Crippen LogP contribution in [0.2, 0.25) is 5.02 Å². The Bertz CT molecular complexity index is 929. The van der Waals surface area contributed by atoms with Crippen molar-refractivity contribution >= 4 is 35.1 Å². The normalized spacial score (nSPS) is 10.6. The average molecular weight is 380 g/mol. The molecule has 0 radical (unpaired) electrons. The van der Waals surface area contributed by atoms with E-state index in [0.29, 0.717) is 16.5 Å². The number of halogens is 1. The number of rotatable bonds is 7. The third kappa shape index (κ3) is 5.59. The summed E-state index contributed by atoms with van der Waals surface area (Å²) in [7, 11) is 0. The zero-order chi connectivity index (χ0) is 18.9. The van der Waals surface area contributed by atoms with E-state index in [0.717, 1.165) is 11.3 Å². The molecule has 0 fully saturated rings. The van der Waals surface area contributed by atoms with Crippen LogP contribution in [0.1, 0.15) is 5.56 Å². The first-order valence-electron chi connectivity index (χ1n) is 8.33. The summed E-state index contributed by atoms with van der Waals surface area (Å²) < 4.78 is 5.64. The lowest BCUT2D eigenvalue weighted by atomic mass is 10.2. The van der Waals surface area contributed by atoms with Crippen molar-refractivity contribution in [2.24, 2.45) is 5.10 Å². The van der Waals surface area contributed by atoms with E-state index in [9.17, 15) is 4.79 Å². The second kappa shape index (κ2) is 9.40. The van der Waals surface area contributed by atoms with Gasteiger partial charge in [-0.3, -0.25) is 10.2 Å². The summed E-state index contributed by atoms with van der Waals surface area (Å²) in [5.74, 6) is 0.326. The number of ether oxygens (including phenoxy) is 1. The number of carbonyl (C=O) groups is 1. The van der Waals surface area contributed by atoms with Crippen molar-refractivity contribution < 1.29 is 9.53 Å².